The van der Waals surface area contributed by atoms with Crippen molar-refractivity contribution in [2.45, 2.75) is 4.90 Å². The number of amides is 1. The van der Waals surface area contributed by atoms with Crippen molar-refractivity contribution >= 4 is 24.2 Å². The third-order valence-corrected chi connectivity index (χ3v) is 3.12. The van der Waals surface area contributed by atoms with Crippen molar-refractivity contribution in [3.8, 4) is 11.8 Å². The van der Waals surface area contributed by atoms with E-state index in [1.54, 1.807) is 42.5 Å². The average Bonchev–Trinajstić information content (AvgIpc) is 2.48. The smallest absolute Gasteiger partial charge is 0.256 e. The van der Waals surface area contributed by atoms with Gasteiger partial charge in [-0.05, 0) is 24.3 Å². The molecule has 0 saturated heterocycles. The molecule has 0 saturated carbocycles. The second kappa shape index (κ2) is 6.13. The van der Waals surface area contributed by atoms with Gasteiger partial charge < -0.3 is 10.1 Å². The van der Waals surface area contributed by atoms with Crippen LogP contribution in [0.1, 0.15) is 15.9 Å². The van der Waals surface area contributed by atoms with Crippen LogP contribution in [0.4, 0.5) is 5.69 Å². The minimum absolute atomic E-state index is 0.279. The van der Waals surface area contributed by atoms with Crippen LogP contribution in [0.25, 0.3) is 0 Å². The van der Waals surface area contributed by atoms with Crippen LogP contribution in [0.5, 0.6) is 5.75 Å². The van der Waals surface area contributed by atoms with Crippen molar-refractivity contribution in [1.29, 1.82) is 5.26 Å². The Kier molecular flexibility index (Phi) is 4.28. The molecule has 0 atom stereocenters. The molecule has 5 heteroatoms. The zero-order chi connectivity index (χ0) is 14.5. The molecule has 0 aliphatic heterocycles. The van der Waals surface area contributed by atoms with Gasteiger partial charge in [0.15, 0.2) is 0 Å². The Morgan fingerprint density at radius 2 is 2.05 bits per heavy atom. The highest BCUT2D eigenvalue weighted by Gasteiger charge is 2.12. The van der Waals surface area contributed by atoms with Crippen molar-refractivity contribution in [3.63, 3.8) is 0 Å². The fourth-order valence-corrected chi connectivity index (χ4v) is 1.98. The van der Waals surface area contributed by atoms with E-state index in [4.69, 9.17) is 10.00 Å². The number of ether oxygens (including phenoxy) is 1. The molecule has 0 radical (unpaired) electrons. The molecule has 100 valence electrons. The number of nitriles is 1. The third-order valence-electron chi connectivity index (χ3n) is 2.73. The summed E-state index contributed by atoms with van der Waals surface area (Å²) in [5.74, 6) is 0.160. The average molecular weight is 284 g/mol. The Hall–Kier alpha value is -2.45. The number of thiol groups is 1. The number of anilines is 1. The van der Waals surface area contributed by atoms with E-state index in [9.17, 15) is 4.79 Å². The second-order valence-corrected chi connectivity index (χ2v) is 4.48. The van der Waals surface area contributed by atoms with E-state index >= 15 is 0 Å². The Labute approximate surface area is 122 Å². The minimum atomic E-state index is -0.279. The van der Waals surface area contributed by atoms with Crippen LogP contribution in [0.3, 0.4) is 0 Å². The van der Waals surface area contributed by atoms with Gasteiger partial charge in [-0.25, -0.2) is 0 Å². The number of hydrogen-bond acceptors (Lipinski definition) is 4. The molecule has 2 aromatic rings. The number of carbonyl (C=O) groups excluding carboxylic acids is 1. The molecule has 1 amide bonds. The fraction of sp³-hybridized carbons (Fsp3) is 0.0667. The monoisotopic (exact) mass is 284 g/mol. The van der Waals surface area contributed by atoms with Crippen LogP contribution < -0.4 is 10.1 Å². The SMILES string of the molecule is COc1cc(C#N)ccc1NC(=O)c1ccccc1S. The number of rotatable bonds is 3. The first-order chi connectivity index (χ1) is 9.65. The molecule has 0 unspecified atom stereocenters. The first-order valence-corrected chi connectivity index (χ1v) is 6.28. The Morgan fingerprint density at radius 3 is 2.70 bits per heavy atom. The lowest BCUT2D eigenvalue weighted by Gasteiger charge is -2.11. The number of nitrogens with zero attached hydrogens (tertiary/aromatic N) is 1. The largest absolute Gasteiger partial charge is 0.495 e. The number of carbonyl (C=O) groups is 1. The normalized spacial score (nSPS) is 9.65. The quantitative estimate of drug-likeness (QED) is 0.851. The van der Waals surface area contributed by atoms with E-state index in [2.05, 4.69) is 17.9 Å². The molecule has 0 heterocycles. The number of nitrogens with one attached hydrogen (secondary N) is 1. The van der Waals surface area contributed by atoms with Crippen molar-refractivity contribution in [2.75, 3.05) is 12.4 Å². The number of hydrogen-bond donors (Lipinski definition) is 2. The molecule has 0 spiro atoms. The van der Waals surface area contributed by atoms with Crippen molar-refractivity contribution in [2.24, 2.45) is 0 Å². The maximum Gasteiger partial charge on any atom is 0.256 e. The molecule has 0 aliphatic carbocycles. The summed E-state index contributed by atoms with van der Waals surface area (Å²) in [4.78, 5) is 12.8. The fourth-order valence-electron chi connectivity index (χ4n) is 1.72. The van der Waals surface area contributed by atoms with Gasteiger partial charge in [0, 0.05) is 11.0 Å². The van der Waals surface area contributed by atoms with Crippen LogP contribution in [0.15, 0.2) is 47.4 Å². The molecule has 2 aromatic carbocycles. The number of benzene rings is 2. The molecule has 0 fully saturated rings. The van der Waals surface area contributed by atoms with Gasteiger partial charge in [-0.15, -0.1) is 12.6 Å². The van der Waals surface area contributed by atoms with Crippen molar-refractivity contribution in [1.82, 2.24) is 0 Å². The van der Waals surface area contributed by atoms with Crippen LogP contribution >= 0.6 is 12.6 Å². The van der Waals surface area contributed by atoms with E-state index in [1.165, 1.54) is 7.11 Å². The molecule has 0 aliphatic rings. The van der Waals surface area contributed by atoms with Crippen LogP contribution in [0, 0.1) is 11.3 Å². The van der Waals surface area contributed by atoms with Crippen LogP contribution in [-0.2, 0) is 0 Å². The Balaban J connectivity index is 2.29. The first kappa shape index (κ1) is 14.0. The summed E-state index contributed by atoms with van der Waals surface area (Å²) < 4.78 is 5.17. The lowest BCUT2D eigenvalue weighted by Crippen LogP contribution is -2.13. The number of methoxy groups -OCH3 is 1. The van der Waals surface area contributed by atoms with Gasteiger partial charge in [0.25, 0.3) is 5.91 Å². The van der Waals surface area contributed by atoms with Gasteiger partial charge in [-0.3, -0.25) is 4.79 Å². The summed E-state index contributed by atoms with van der Waals surface area (Å²) in [6, 6.07) is 13.8. The van der Waals surface area contributed by atoms with Gasteiger partial charge >= 0.3 is 0 Å². The predicted octanol–water partition coefficient (Wildman–Crippen LogP) is 3.11. The first-order valence-electron chi connectivity index (χ1n) is 5.83. The predicted molar refractivity (Wildman–Crippen MR) is 79.4 cm³/mol. The van der Waals surface area contributed by atoms with E-state index in [1.807, 2.05) is 6.07 Å². The summed E-state index contributed by atoms with van der Waals surface area (Å²) in [6.45, 7) is 0. The molecule has 4 nitrogen and oxygen atoms in total. The molecule has 0 aromatic heterocycles. The van der Waals surface area contributed by atoms with E-state index in [0.29, 0.717) is 27.5 Å². The Morgan fingerprint density at radius 1 is 1.30 bits per heavy atom. The summed E-state index contributed by atoms with van der Waals surface area (Å²) >= 11 is 4.25. The molecular weight excluding hydrogens is 272 g/mol. The van der Waals surface area contributed by atoms with Crippen LogP contribution in [0.2, 0.25) is 0 Å². The zero-order valence-electron chi connectivity index (χ0n) is 10.8. The molecular formula is C15H12N2O2S. The summed E-state index contributed by atoms with van der Waals surface area (Å²) in [7, 11) is 1.48. The van der Waals surface area contributed by atoms with Crippen LogP contribution in [-0.4, -0.2) is 13.0 Å². The van der Waals surface area contributed by atoms with Gasteiger partial charge in [0.2, 0.25) is 0 Å². The van der Waals surface area contributed by atoms with E-state index in [0.717, 1.165) is 0 Å². The van der Waals surface area contributed by atoms with Gasteiger partial charge in [0.1, 0.15) is 5.75 Å². The summed E-state index contributed by atoms with van der Waals surface area (Å²) in [5, 5.41) is 11.6. The maximum absolute atomic E-state index is 12.2. The maximum atomic E-state index is 12.2. The van der Waals surface area contributed by atoms with E-state index in [-0.39, 0.29) is 5.91 Å². The molecule has 2 rings (SSSR count). The van der Waals surface area contributed by atoms with E-state index < -0.39 is 0 Å². The van der Waals surface area contributed by atoms with Gasteiger partial charge in [-0.1, -0.05) is 12.1 Å². The van der Waals surface area contributed by atoms with Gasteiger partial charge in [0.05, 0.1) is 30.0 Å². The highest BCUT2D eigenvalue weighted by atomic mass is 32.1. The van der Waals surface area contributed by atoms with Crippen molar-refractivity contribution in [3.05, 3.63) is 53.6 Å². The highest BCUT2D eigenvalue weighted by molar-refractivity contribution is 7.80. The second-order valence-electron chi connectivity index (χ2n) is 4.00. The van der Waals surface area contributed by atoms with Crippen molar-refractivity contribution < 1.29 is 9.53 Å². The topological polar surface area (TPSA) is 62.1 Å². The van der Waals surface area contributed by atoms with Gasteiger partial charge in [-0.2, -0.15) is 5.26 Å². The summed E-state index contributed by atoms with van der Waals surface area (Å²) in [5.41, 5.74) is 1.45. The third kappa shape index (κ3) is 2.92. The molecule has 1 N–H and O–H groups in total. The minimum Gasteiger partial charge on any atom is -0.495 e. The summed E-state index contributed by atoms with van der Waals surface area (Å²) in [6.07, 6.45) is 0. The Bertz CT molecular complexity index is 693. The molecule has 0 bridgehead atoms. The highest BCUT2D eigenvalue weighted by Crippen LogP contribution is 2.26. The molecule has 20 heavy (non-hydrogen) atoms. The lowest BCUT2D eigenvalue weighted by molar-refractivity contribution is 0.102. The zero-order valence-corrected chi connectivity index (χ0v) is 11.6. The standard InChI is InChI=1S/C15H12N2O2S/c1-19-13-8-10(9-16)6-7-12(13)17-15(18)11-4-2-3-5-14(11)20/h2-8,20H,1H3,(H,17,18). The lowest BCUT2D eigenvalue weighted by atomic mass is 10.1.